The predicted octanol–water partition coefficient (Wildman–Crippen LogP) is 10.6. The number of cyclic esters (lactones) is 2. The zero-order chi connectivity index (χ0) is 32.5. The molecular weight excluding hydrogens is 564 g/mol. The molecule has 0 aromatic heterocycles. The Hall–Kier alpha value is -2.63. The van der Waals surface area contributed by atoms with Gasteiger partial charge in [0, 0.05) is 6.42 Å². The Kier molecular flexibility index (Phi) is 28.1. The van der Waals surface area contributed by atoms with Crippen LogP contribution in [0.3, 0.4) is 0 Å². The highest BCUT2D eigenvalue weighted by Gasteiger charge is 2.13. The van der Waals surface area contributed by atoms with Gasteiger partial charge in [0.1, 0.15) is 12.5 Å². The molecule has 0 spiro atoms. The number of allylic oxidation sites excluding steroid dienone is 8. The summed E-state index contributed by atoms with van der Waals surface area (Å²) in [5.41, 5.74) is 0. The lowest BCUT2D eigenvalue weighted by Crippen LogP contribution is -2.17. The zero-order valence-corrected chi connectivity index (χ0v) is 28.5. The first-order chi connectivity index (χ1) is 22.1. The molecule has 0 atom stereocenters. The molecule has 0 unspecified atom stereocenters. The standard InChI is InChI=1S/C39H64O6/c1-2-37(40)45-36-31-27-23-19-15-11-7-3-5-9-13-17-21-25-29-33-43-38(41)35-39(42)44-34-30-26-22-18-14-10-6-4-8-12-16-20-24-28-32-36/h5-6,9-10,17-18,21-22,36H,2-4,7-8,11-16,19-20,23-35H2,1H3/b9-5-,10-6-,21-17-,22-18-. The number of hydrogen-bond donors (Lipinski definition) is 0. The third kappa shape index (κ3) is 28.6. The van der Waals surface area contributed by atoms with Gasteiger partial charge < -0.3 is 14.2 Å². The van der Waals surface area contributed by atoms with Crippen molar-refractivity contribution in [3.63, 3.8) is 0 Å². The maximum atomic E-state index is 11.9. The van der Waals surface area contributed by atoms with Crippen LogP contribution in [0.5, 0.6) is 0 Å². The summed E-state index contributed by atoms with van der Waals surface area (Å²) in [7, 11) is 0. The monoisotopic (exact) mass is 628 g/mol. The van der Waals surface area contributed by atoms with E-state index in [9.17, 15) is 14.4 Å². The van der Waals surface area contributed by atoms with Crippen LogP contribution in [-0.2, 0) is 28.6 Å². The van der Waals surface area contributed by atoms with Gasteiger partial charge in [0.15, 0.2) is 0 Å². The largest absolute Gasteiger partial charge is 0.465 e. The number of rotatable bonds is 2. The molecule has 0 radical (unpaired) electrons. The molecule has 1 heterocycles. The zero-order valence-electron chi connectivity index (χ0n) is 28.5. The number of hydrogen-bond acceptors (Lipinski definition) is 6. The number of carbonyl (C=O) groups is 3. The quantitative estimate of drug-likeness (QED) is 0.131. The third-order valence-electron chi connectivity index (χ3n) is 7.94. The van der Waals surface area contributed by atoms with Gasteiger partial charge in [0.25, 0.3) is 0 Å². The Labute approximate surface area is 275 Å². The van der Waals surface area contributed by atoms with E-state index in [1.165, 1.54) is 64.2 Å². The van der Waals surface area contributed by atoms with Gasteiger partial charge in [-0.2, -0.15) is 0 Å². The summed E-state index contributed by atoms with van der Waals surface area (Å²) in [5, 5.41) is 0. The molecule has 0 fully saturated rings. The van der Waals surface area contributed by atoms with E-state index in [4.69, 9.17) is 14.2 Å². The van der Waals surface area contributed by atoms with Crippen molar-refractivity contribution in [1.82, 2.24) is 0 Å². The Balaban J connectivity index is 2.39. The first-order valence-electron chi connectivity index (χ1n) is 18.2. The van der Waals surface area contributed by atoms with E-state index >= 15 is 0 Å². The summed E-state index contributed by atoms with van der Waals surface area (Å²) >= 11 is 0. The van der Waals surface area contributed by atoms with Crippen LogP contribution in [0.1, 0.15) is 161 Å². The van der Waals surface area contributed by atoms with Crippen LogP contribution in [0.25, 0.3) is 0 Å². The Bertz CT molecular complexity index is 796. The van der Waals surface area contributed by atoms with Crippen molar-refractivity contribution >= 4 is 17.9 Å². The van der Waals surface area contributed by atoms with Gasteiger partial charge in [0.2, 0.25) is 0 Å². The molecule has 0 aliphatic carbocycles. The molecule has 1 aliphatic heterocycles. The van der Waals surface area contributed by atoms with Gasteiger partial charge in [-0.15, -0.1) is 0 Å². The highest BCUT2D eigenvalue weighted by Crippen LogP contribution is 2.18. The van der Waals surface area contributed by atoms with Gasteiger partial charge in [-0.3, -0.25) is 14.4 Å². The van der Waals surface area contributed by atoms with Crippen molar-refractivity contribution in [1.29, 1.82) is 0 Å². The fourth-order valence-corrected chi connectivity index (χ4v) is 5.22. The molecular formula is C39H64O6. The van der Waals surface area contributed by atoms with Crippen molar-refractivity contribution in [2.75, 3.05) is 13.2 Å². The SMILES string of the molecule is CCC(=O)OC1CCCCCCCC/C=C\C/C=C\CCCOC(=O)CC(=O)OCCC/C=C\C/C=C\CCCCCCCC1. The fraction of sp³-hybridized carbons (Fsp3) is 0.718. The molecule has 0 saturated heterocycles. The Morgan fingerprint density at radius 3 is 1.38 bits per heavy atom. The molecule has 0 bridgehead atoms. The highest BCUT2D eigenvalue weighted by molar-refractivity contribution is 5.91. The Morgan fingerprint density at radius 1 is 0.578 bits per heavy atom. The minimum Gasteiger partial charge on any atom is -0.465 e. The van der Waals surface area contributed by atoms with Crippen LogP contribution >= 0.6 is 0 Å². The van der Waals surface area contributed by atoms with Crippen LogP contribution in [0, 0.1) is 0 Å². The minimum atomic E-state index is -0.517. The molecule has 0 N–H and O–H groups in total. The van der Waals surface area contributed by atoms with Crippen molar-refractivity contribution in [2.45, 2.75) is 167 Å². The van der Waals surface area contributed by atoms with Gasteiger partial charge in [-0.1, -0.05) is 107 Å². The van der Waals surface area contributed by atoms with Crippen molar-refractivity contribution in [3.05, 3.63) is 48.6 Å². The minimum absolute atomic E-state index is 0.0579. The maximum Gasteiger partial charge on any atom is 0.317 e. The van der Waals surface area contributed by atoms with Gasteiger partial charge in [-0.25, -0.2) is 0 Å². The number of esters is 3. The van der Waals surface area contributed by atoms with Crippen LogP contribution in [0.4, 0.5) is 0 Å². The molecule has 1 aliphatic rings. The normalized spacial score (nSPS) is 23.6. The Morgan fingerprint density at radius 2 is 0.956 bits per heavy atom. The van der Waals surface area contributed by atoms with E-state index in [1.807, 2.05) is 6.92 Å². The van der Waals surface area contributed by atoms with Crippen molar-refractivity contribution < 1.29 is 28.6 Å². The lowest BCUT2D eigenvalue weighted by Gasteiger charge is -2.17. The predicted molar refractivity (Wildman–Crippen MR) is 185 cm³/mol. The second-order valence-corrected chi connectivity index (χ2v) is 12.1. The van der Waals surface area contributed by atoms with Crippen LogP contribution in [-0.4, -0.2) is 37.2 Å². The summed E-state index contributed by atoms with van der Waals surface area (Å²) < 4.78 is 16.1. The second kappa shape index (κ2) is 31.4. The van der Waals surface area contributed by atoms with E-state index in [2.05, 4.69) is 48.6 Å². The average molecular weight is 629 g/mol. The number of carbonyl (C=O) groups excluding carboxylic acids is 3. The van der Waals surface area contributed by atoms with E-state index in [0.717, 1.165) is 77.0 Å². The molecule has 0 saturated carbocycles. The summed E-state index contributed by atoms with van der Waals surface area (Å²) in [4.78, 5) is 35.6. The fourth-order valence-electron chi connectivity index (χ4n) is 5.22. The molecule has 256 valence electrons. The van der Waals surface area contributed by atoms with Gasteiger partial charge in [0.05, 0.1) is 13.2 Å². The summed E-state index contributed by atoms with van der Waals surface area (Å²) in [6.45, 7) is 2.52. The van der Waals surface area contributed by atoms with Gasteiger partial charge >= 0.3 is 17.9 Å². The van der Waals surface area contributed by atoms with E-state index < -0.39 is 11.9 Å². The molecule has 0 aromatic rings. The molecule has 1 rings (SSSR count). The molecule has 0 amide bonds. The third-order valence-corrected chi connectivity index (χ3v) is 7.94. The molecule has 6 heteroatoms. The summed E-state index contributed by atoms with van der Waals surface area (Å²) in [6, 6.07) is 0. The topological polar surface area (TPSA) is 78.9 Å². The number of ether oxygens (including phenoxy) is 3. The second-order valence-electron chi connectivity index (χ2n) is 12.1. The maximum absolute atomic E-state index is 11.9. The average Bonchev–Trinajstić information content (AvgIpc) is 3.03. The van der Waals surface area contributed by atoms with E-state index in [0.29, 0.717) is 19.6 Å². The van der Waals surface area contributed by atoms with E-state index in [-0.39, 0.29) is 18.5 Å². The first-order valence-corrected chi connectivity index (χ1v) is 18.2. The van der Waals surface area contributed by atoms with Crippen molar-refractivity contribution in [2.24, 2.45) is 0 Å². The van der Waals surface area contributed by atoms with Gasteiger partial charge in [-0.05, 0) is 89.9 Å². The summed E-state index contributed by atoms with van der Waals surface area (Å²) in [5.74, 6) is -1.09. The van der Waals surface area contributed by atoms with Crippen LogP contribution in [0.15, 0.2) is 48.6 Å². The lowest BCUT2D eigenvalue weighted by molar-refractivity contribution is -0.154. The first kappa shape index (κ1) is 40.4. The summed E-state index contributed by atoms with van der Waals surface area (Å²) in [6.07, 6.45) is 41.7. The van der Waals surface area contributed by atoms with E-state index in [1.54, 1.807) is 0 Å². The van der Waals surface area contributed by atoms with Crippen LogP contribution < -0.4 is 0 Å². The molecule has 0 aromatic carbocycles. The molecule has 6 nitrogen and oxygen atoms in total. The lowest BCUT2D eigenvalue weighted by atomic mass is 10.0. The smallest absolute Gasteiger partial charge is 0.317 e. The van der Waals surface area contributed by atoms with Crippen molar-refractivity contribution in [3.8, 4) is 0 Å². The van der Waals surface area contributed by atoms with Crippen LogP contribution in [0.2, 0.25) is 0 Å². The molecule has 45 heavy (non-hydrogen) atoms. The highest BCUT2D eigenvalue weighted by atomic mass is 16.6.